The lowest BCUT2D eigenvalue weighted by molar-refractivity contribution is -0.154. The van der Waals surface area contributed by atoms with Crippen LogP contribution >= 0.6 is 0 Å². The first-order valence-electron chi connectivity index (χ1n) is 17.9. The van der Waals surface area contributed by atoms with Gasteiger partial charge >= 0.3 is 12.1 Å². The van der Waals surface area contributed by atoms with Crippen LogP contribution in [0.25, 0.3) is 10.8 Å². The molecule has 2 atom stereocenters. The fourth-order valence-corrected chi connectivity index (χ4v) is 5.81. The third-order valence-corrected chi connectivity index (χ3v) is 8.57. The summed E-state index contributed by atoms with van der Waals surface area (Å²) in [6, 6.07) is 21.2. The van der Waals surface area contributed by atoms with Crippen molar-refractivity contribution in [3.8, 4) is 0 Å². The molecule has 11 heteroatoms. The number of benzene rings is 3. The summed E-state index contributed by atoms with van der Waals surface area (Å²) in [6.45, 7) is 13.7. The largest absolute Gasteiger partial charge is 0.458 e. The van der Waals surface area contributed by atoms with E-state index in [2.05, 4.69) is 10.6 Å². The fraction of sp³-hybridized carbons (Fsp3) is 0.452. The molecule has 0 aliphatic heterocycles. The van der Waals surface area contributed by atoms with Gasteiger partial charge in [0, 0.05) is 39.4 Å². The van der Waals surface area contributed by atoms with Gasteiger partial charge in [-0.2, -0.15) is 0 Å². The summed E-state index contributed by atoms with van der Waals surface area (Å²) in [6.07, 6.45) is 3.21. The van der Waals surface area contributed by atoms with Gasteiger partial charge in [0.15, 0.2) is 0 Å². The predicted octanol–water partition coefficient (Wildman–Crippen LogP) is 5.99. The molecule has 3 rings (SSSR count). The smallest absolute Gasteiger partial charge is 0.408 e. The molecule has 3 aromatic rings. The van der Waals surface area contributed by atoms with Gasteiger partial charge in [0.05, 0.1) is 6.54 Å². The van der Waals surface area contributed by atoms with Crippen molar-refractivity contribution in [2.45, 2.75) is 103 Å². The Labute approximate surface area is 314 Å². The molecular weight excluding hydrogens is 672 g/mol. The molecule has 0 aliphatic rings. The molecule has 11 nitrogen and oxygen atoms in total. The zero-order chi connectivity index (χ0) is 39.6. The second-order valence-corrected chi connectivity index (χ2v) is 15.7. The summed E-state index contributed by atoms with van der Waals surface area (Å²) in [4.78, 5) is 69.0. The van der Waals surface area contributed by atoms with Gasteiger partial charge in [-0.3, -0.25) is 19.2 Å². The minimum absolute atomic E-state index is 0.0293. The third kappa shape index (κ3) is 13.7. The van der Waals surface area contributed by atoms with E-state index in [1.54, 1.807) is 54.8 Å². The molecule has 286 valence electrons. The first-order chi connectivity index (χ1) is 24.7. The molecule has 0 bridgehead atoms. The van der Waals surface area contributed by atoms with Gasteiger partial charge in [-0.1, -0.05) is 78.9 Å². The first-order valence-corrected chi connectivity index (χ1v) is 17.9. The van der Waals surface area contributed by atoms with E-state index >= 15 is 0 Å². The van der Waals surface area contributed by atoms with E-state index in [1.807, 2.05) is 86.6 Å². The predicted molar refractivity (Wildman–Crippen MR) is 207 cm³/mol. The Hall–Kier alpha value is -5.19. The molecule has 1 unspecified atom stereocenters. The molecule has 0 heterocycles. The second kappa shape index (κ2) is 18.0. The van der Waals surface area contributed by atoms with Gasteiger partial charge in [-0.15, -0.1) is 0 Å². The molecule has 0 saturated heterocycles. The van der Waals surface area contributed by atoms with E-state index in [-0.39, 0.29) is 19.4 Å². The number of carbonyl (C=O) groups is 5. The van der Waals surface area contributed by atoms with Crippen molar-refractivity contribution in [2.75, 3.05) is 20.6 Å². The number of esters is 1. The highest BCUT2D eigenvalue weighted by Gasteiger charge is 2.36. The number of nitrogens with one attached hydrogen (secondary N) is 2. The topological polar surface area (TPSA) is 134 Å². The highest BCUT2D eigenvalue weighted by molar-refractivity contribution is 5.95. The molecule has 0 saturated carbocycles. The number of nitrogens with zero attached hydrogens (tertiary/aromatic N) is 2. The standard InChI is InChI=1S/C42H56N4O7/c1-29(47)52-42(7,8)28-43-37(49)34(26-30-17-12-11-13-18-30)46(10)38(50)35(27-31-22-23-32-19-14-15-20-33(32)25-31)45(9)36(48)21-16-24-41(5,6)44-39(51)53-40(2,3)4/h11-23,25,34-35H,24,26-28H2,1-10H3,(H,43,49)(H,44,51)/b21-16+/t34?,35-/m1/s1. The maximum atomic E-state index is 14.6. The lowest BCUT2D eigenvalue weighted by atomic mass is 9.98. The van der Waals surface area contributed by atoms with Gasteiger partial charge in [-0.25, -0.2) is 4.79 Å². The van der Waals surface area contributed by atoms with Crippen LogP contribution in [0, 0.1) is 0 Å². The van der Waals surface area contributed by atoms with Gasteiger partial charge < -0.3 is 29.9 Å². The van der Waals surface area contributed by atoms with E-state index in [9.17, 15) is 24.0 Å². The van der Waals surface area contributed by atoms with Gasteiger partial charge in [0.2, 0.25) is 17.7 Å². The molecule has 2 N–H and O–H groups in total. The minimum atomic E-state index is -0.977. The summed E-state index contributed by atoms with van der Waals surface area (Å²) in [5.74, 6) is -1.75. The number of rotatable bonds is 15. The van der Waals surface area contributed by atoms with Crippen molar-refractivity contribution in [1.82, 2.24) is 20.4 Å². The molecule has 4 amide bonds. The number of hydrogen-bond donors (Lipinski definition) is 2. The van der Waals surface area contributed by atoms with Crippen LogP contribution in [0.5, 0.6) is 0 Å². The Balaban J connectivity index is 1.92. The van der Waals surface area contributed by atoms with Crippen molar-refractivity contribution in [2.24, 2.45) is 0 Å². The summed E-state index contributed by atoms with van der Waals surface area (Å²) in [5, 5.41) is 7.74. The minimum Gasteiger partial charge on any atom is -0.458 e. The number of alkyl carbamates (subject to hydrolysis) is 1. The van der Waals surface area contributed by atoms with E-state index in [4.69, 9.17) is 9.47 Å². The molecule has 0 spiro atoms. The monoisotopic (exact) mass is 728 g/mol. The second-order valence-electron chi connectivity index (χ2n) is 15.7. The number of hydrogen-bond acceptors (Lipinski definition) is 7. The van der Waals surface area contributed by atoms with Crippen LogP contribution in [-0.2, 0) is 41.5 Å². The number of amides is 4. The number of fused-ring (bicyclic) bond motifs is 1. The Morgan fingerprint density at radius 2 is 1.34 bits per heavy atom. The Bertz CT molecular complexity index is 1780. The maximum absolute atomic E-state index is 14.6. The molecular formula is C42H56N4O7. The summed E-state index contributed by atoms with van der Waals surface area (Å²) in [5.41, 5.74) is -0.673. The summed E-state index contributed by atoms with van der Waals surface area (Å²) < 4.78 is 10.7. The summed E-state index contributed by atoms with van der Waals surface area (Å²) in [7, 11) is 3.14. The maximum Gasteiger partial charge on any atom is 0.408 e. The average molecular weight is 729 g/mol. The van der Waals surface area contributed by atoms with Gasteiger partial charge in [0.1, 0.15) is 23.3 Å². The molecule has 0 aliphatic carbocycles. The zero-order valence-corrected chi connectivity index (χ0v) is 32.8. The van der Waals surface area contributed by atoms with Crippen LogP contribution in [-0.4, -0.2) is 89.0 Å². The summed E-state index contributed by atoms with van der Waals surface area (Å²) >= 11 is 0. The molecule has 0 radical (unpaired) electrons. The Morgan fingerprint density at radius 3 is 1.96 bits per heavy atom. The van der Waals surface area contributed by atoms with Gasteiger partial charge in [0.25, 0.3) is 0 Å². The normalized spacial score (nSPS) is 13.2. The lowest BCUT2D eigenvalue weighted by Gasteiger charge is -2.35. The Morgan fingerprint density at radius 1 is 0.736 bits per heavy atom. The van der Waals surface area contributed by atoms with Crippen LogP contribution < -0.4 is 10.6 Å². The number of likely N-dealkylation sites (N-methyl/N-ethyl adjacent to an activating group) is 2. The van der Waals surface area contributed by atoms with Gasteiger partial charge in [-0.05, 0) is 82.9 Å². The van der Waals surface area contributed by atoms with Crippen LogP contribution in [0.4, 0.5) is 4.79 Å². The van der Waals surface area contributed by atoms with Crippen molar-refractivity contribution in [1.29, 1.82) is 0 Å². The van der Waals surface area contributed by atoms with Crippen LogP contribution in [0.1, 0.15) is 72.9 Å². The molecule has 0 aromatic heterocycles. The SMILES string of the molecule is CC(=O)OC(C)(C)CNC(=O)C(Cc1ccccc1)N(C)C(=O)[C@@H](Cc1ccc2ccccc2c1)N(C)C(=O)/C=C/CC(C)(C)NC(=O)OC(C)(C)C. The third-order valence-electron chi connectivity index (χ3n) is 8.57. The zero-order valence-electron chi connectivity index (χ0n) is 32.8. The lowest BCUT2D eigenvalue weighted by Crippen LogP contribution is -2.57. The van der Waals surface area contributed by atoms with E-state index in [0.717, 1.165) is 21.9 Å². The van der Waals surface area contributed by atoms with Crippen LogP contribution in [0.2, 0.25) is 0 Å². The van der Waals surface area contributed by atoms with E-state index in [0.29, 0.717) is 6.42 Å². The van der Waals surface area contributed by atoms with Crippen LogP contribution in [0.15, 0.2) is 84.9 Å². The van der Waals surface area contributed by atoms with E-state index < -0.39 is 58.6 Å². The average Bonchev–Trinajstić information content (AvgIpc) is 3.06. The molecule has 0 fully saturated rings. The van der Waals surface area contributed by atoms with E-state index in [1.165, 1.54) is 22.8 Å². The Kier molecular flexibility index (Phi) is 14.4. The molecule has 3 aromatic carbocycles. The quantitative estimate of drug-likeness (QED) is 0.145. The number of carbonyl (C=O) groups excluding carboxylic acids is 5. The number of ether oxygens (including phenoxy) is 2. The highest BCUT2D eigenvalue weighted by atomic mass is 16.6. The van der Waals surface area contributed by atoms with Crippen LogP contribution in [0.3, 0.4) is 0 Å². The molecule has 53 heavy (non-hydrogen) atoms. The van der Waals surface area contributed by atoms with Crippen molar-refractivity contribution in [3.63, 3.8) is 0 Å². The fourth-order valence-electron chi connectivity index (χ4n) is 5.81. The van der Waals surface area contributed by atoms with Crippen molar-refractivity contribution in [3.05, 3.63) is 96.1 Å². The first kappa shape index (κ1) is 42.2. The van der Waals surface area contributed by atoms with Crippen molar-refractivity contribution >= 4 is 40.6 Å². The van der Waals surface area contributed by atoms with Crippen molar-refractivity contribution < 1.29 is 33.4 Å². The highest BCUT2D eigenvalue weighted by Crippen LogP contribution is 2.21.